The molecule has 58 heavy (non-hydrogen) atoms. The Balaban J connectivity index is 1.17. The molecule has 0 aliphatic heterocycles. The lowest BCUT2D eigenvalue weighted by atomic mass is 10.0. The number of anilines is 6. The molecule has 0 radical (unpaired) electrons. The van der Waals surface area contributed by atoms with Gasteiger partial charge in [0.25, 0.3) is 0 Å². The van der Waals surface area contributed by atoms with Gasteiger partial charge >= 0.3 is 0 Å². The summed E-state index contributed by atoms with van der Waals surface area (Å²) in [6.45, 7) is 0. The fourth-order valence-corrected chi connectivity index (χ4v) is 10.1. The van der Waals surface area contributed by atoms with Gasteiger partial charge in [0.2, 0.25) is 0 Å². The van der Waals surface area contributed by atoms with E-state index < -0.39 is 0 Å². The largest absolute Gasteiger partial charge is 0.308 e. The summed E-state index contributed by atoms with van der Waals surface area (Å²) in [4.78, 5) is 4.81. The Morgan fingerprint density at radius 3 is 0.879 bits per heavy atom. The Hall–Kier alpha value is -7.82. The zero-order valence-corrected chi connectivity index (χ0v) is 31.4. The van der Waals surface area contributed by atoms with Crippen LogP contribution in [0, 0.1) is 0 Å². The number of fused-ring (bicyclic) bond motifs is 13. The molecular formula is C54H34N4. The molecule has 0 unspecified atom stereocenters. The van der Waals surface area contributed by atoms with Gasteiger partial charge in [0.15, 0.2) is 0 Å². The van der Waals surface area contributed by atoms with Crippen molar-refractivity contribution in [2.24, 2.45) is 0 Å². The summed E-state index contributed by atoms with van der Waals surface area (Å²) in [6, 6.07) is 75.0. The van der Waals surface area contributed by atoms with Gasteiger partial charge in [-0.3, -0.25) is 0 Å². The molecule has 0 N–H and O–H groups in total. The number of hydrogen-bond donors (Lipinski definition) is 0. The van der Waals surface area contributed by atoms with Crippen molar-refractivity contribution in [2.75, 3.05) is 9.80 Å². The van der Waals surface area contributed by atoms with Crippen LogP contribution in [0.3, 0.4) is 0 Å². The van der Waals surface area contributed by atoms with E-state index >= 15 is 0 Å². The fraction of sp³-hybridized carbons (Fsp3) is 0. The first-order valence-corrected chi connectivity index (χ1v) is 20.0. The topological polar surface area (TPSA) is 15.3 Å². The maximum absolute atomic E-state index is 2.55. The van der Waals surface area contributed by atoms with Crippen LogP contribution in [0.4, 0.5) is 34.1 Å². The Morgan fingerprint density at radius 2 is 0.534 bits per heavy atom. The predicted molar refractivity (Wildman–Crippen MR) is 245 cm³/mol. The van der Waals surface area contributed by atoms with Crippen LogP contribution in [-0.4, -0.2) is 8.80 Å². The van der Waals surface area contributed by atoms with E-state index in [1.807, 2.05) is 0 Å². The first kappa shape index (κ1) is 31.4. The maximum Gasteiger partial charge on any atom is 0.0782 e. The molecule has 0 aliphatic rings. The smallest absolute Gasteiger partial charge is 0.0782 e. The summed E-state index contributed by atoms with van der Waals surface area (Å²) in [5.74, 6) is 0. The van der Waals surface area contributed by atoms with Crippen molar-refractivity contribution in [2.45, 2.75) is 0 Å². The molecule has 0 saturated carbocycles. The van der Waals surface area contributed by atoms with Crippen molar-refractivity contribution in [3.8, 4) is 0 Å². The number of benzene rings is 9. The van der Waals surface area contributed by atoms with E-state index in [4.69, 9.17) is 0 Å². The van der Waals surface area contributed by atoms with Gasteiger partial charge in [0.1, 0.15) is 0 Å². The number of rotatable bonds is 6. The second-order valence-electron chi connectivity index (χ2n) is 15.3. The maximum atomic E-state index is 2.55. The summed E-state index contributed by atoms with van der Waals surface area (Å²) in [5, 5.41) is 10.2. The zero-order chi connectivity index (χ0) is 37.9. The van der Waals surface area contributed by atoms with Crippen LogP contribution in [-0.2, 0) is 0 Å². The summed E-state index contributed by atoms with van der Waals surface area (Å²) in [5.41, 5.74) is 14.2. The van der Waals surface area contributed by atoms with Gasteiger partial charge in [0, 0.05) is 65.8 Å². The molecule has 4 heteroatoms. The minimum absolute atomic E-state index is 1.13. The summed E-state index contributed by atoms with van der Waals surface area (Å²) >= 11 is 0. The van der Waals surface area contributed by atoms with Crippen molar-refractivity contribution in [3.63, 3.8) is 0 Å². The standard InChI is InChI=1S/C54H34N4/c1-5-17-35(18-6-1)55(36-19-7-2-8-20-36)47-31-15-27-41-39-25-13-29-43-49-45(57(51(39)43)53(41)47)33-34-46-50(49)44-30-14-26-40-42-28-16-32-48(54(42)58(46)52(40)44)56(37-21-9-3-10-22-37)38-23-11-4-12-24-38/h1-34H. The van der Waals surface area contributed by atoms with Crippen molar-refractivity contribution in [1.29, 1.82) is 0 Å². The van der Waals surface area contributed by atoms with Crippen LogP contribution < -0.4 is 9.80 Å². The number of para-hydroxylation sites is 8. The monoisotopic (exact) mass is 738 g/mol. The lowest BCUT2D eigenvalue weighted by Crippen LogP contribution is -2.10. The van der Waals surface area contributed by atoms with Crippen LogP contribution in [0.15, 0.2) is 206 Å². The van der Waals surface area contributed by atoms with E-state index in [1.165, 1.54) is 76.2 Å². The highest BCUT2D eigenvalue weighted by atomic mass is 15.2. The van der Waals surface area contributed by atoms with Crippen LogP contribution in [0.5, 0.6) is 0 Å². The third kappa shape index (κ3) is 4.13. The van der Waals surface area contributed by atoms with Crippen LogP contribution >= 0.6 is 0 Å². The normalized spacial score (nSPS) is 12.1. The second kappa shape index (κ2) is 11.8. The Kier molecular flexibility index (Phi) is 6.41. The molecule has 13 aromatic rings. The molecule has 4 nitrogen and oxygen atoms in total. The van der Waals surface area contributed by atoms with Gasteiger partial charge < -0.3 is 18.6 Å². The highest BCUT2D eigenvalue weighted by Gasteiger charge is 2.28. The molecule has 0 amide bonds. The molecule has 0 atom stereocenters. The average Bonchev–Trinajstić information content (AvgIpc) is 4.02. The van der Waals surface area contributed by atoms with Crippen LogP contribution in [0.25, 0.3) is 76.2 Å². The second-order valence-corrected chi connectivity index (χ2v) is 15.3. The lowest BCUT2D eigenvalue weighted by molar-refractivity contribution is 1.27. The molecule has 270 valence electrons. The molecular weight excluding hydrogens is 705 g/mol. The first-order valence-electron chi connectivity index (χ1n) is 20.0. The number of nitrogens with zero attached hydrogens (tertiary/aromatic N) is 4. The van der Waals surface area contributed by atoms with E-state index in [9.17, 15) is 0 Å². The molecule has 13 rings (SSSR count). The first-order chi connectivity index (χ1) is 28.8. The van der Waals surface area contributed by atoms with Crippen LogP contribution in [0.1, 0.15) is 0 Å². The average molecular weight is 739 g/mol. The Labute approximate surface area is 333 Å². The zero-order valence-electron chi connectivity index (χ0n) is 31.4. The van der Waals surface area contributed by atoms with Crippen molar-refractivity contribution >= 4 is 110 Å². The van der Waals surface area contributed by atoms with E-state index in [2.05, 4.69) is 225 Å². The molecule has 4 aromatic heterocycles. The molecule has 0 spiro atoms. The van der Waals surface area contributed by atoms with Gasteiger partial charge in [0.05, 0.1) is 44.5 Å². The summed E-state index contributed by atoms with van der Waals surface area (Å²) < 4.78 is 5.10. The lowest BCUT2D eigenvalue weighted by Gasteiger charge is -2.26. The molecule has 0 saturated heterocycles. The van der Waals surface area contributed by atoms with Crippen molar-refractivity contribution in [3.05, 3.63) is 206 Å². The van der Waals surface area contributed by atoms with Gasteiger partial charge in [-0.25, -0.2) is 0 Å². The quantitative estimate of drug-likeness (QED) is 0.169. The van der Waals surface area contributed by atoms with Crippen molar-refractivity contribution < 1.29 is 0 Å². The number of hydrogen-bond acceptors (Lipinski definition) is 2. The predicted octanol–water partition coefficient (Wildman–Crippen LogP) is 14.9. The SMILES string of the molecule is c1ccc(N(c2ccccc2)c2cccc3c4cccc5c6c7c8cccc9c%10cccc(N(c%11ccccc%11)c%11ccccc%11)c%10n(c7ccc6n(c23)c45)c98)cc1. The molecule has 0 fully saturated rings. The van der Waals surface area contributed by atoms with E-state index in [0.29, 0.717) is 0 Å². The van der Waals surface area contributed by atoms with Gasteiger partial charge in [-0.05, 0) is 72.8 Å². The van der Waals surface area contributed by atoms with Gasteiger partial charge in [-0.1, -0.05) is 133 Å². The van der Waals surface area contributed by atoms with E-state index in [1.54, 1.807) is 0 Å². The minimum Gasteiger partial charge on any atom is -0.308 e. The summed E-state index contributed by atoms with van der Waals surface area (Å²) in [6.07, 6.45) is 0. The highest BCUT2D eigenvalue weighted by Crippen LogP contribution is 2.50. The van der Waals surface area contributed by atoms with E-state index in [-0.39, 0.29) is 0 Å². The molecule has 4 heterocycles. The Morgan fingerprint density at radius 1 is 0.241 bits per heavy atom. The molecule has 0 aliphatic carbocycles. The summed E-state index contributed by atoms with van der Waals surface area (Å²) in [7, 11) is 0. The number of aromatic nitrogens is 2. The third-order valence-electron chi connectivity index (χ3n) is 12.3. The third-order valence-corrected chi connectivity index (χ3v) is 12.3. The van der Waals surface area contributed by atoms with Crippen LogP contribution in [0.2, 0.25) is 0 Å². The van der Waals surface area contributed by atoms with Gasteiger partial charge in [-0.15, -0.1) is 0 Å². The van der Waals surface area contributed by atoms with Gasteiger partial charge in [-0.2, -0.15) is 0 Å². The minimum atomic E-state index is 1.13. The highest BCUT2D eigenvalue weighted by molar-refractivity contribution is 6.36. The van der Waals surface area contributed by atoms with E-state index in [0.717, 1.165) is 34.1 Å². The Bertz CT molecular complexity index is 3340. The fourth-order valence-electron chi connectivity index (χ4n) is 10.1. The molecule has 0 bridgehead atoms. The van der Waals surface area contributed by atoms with Crippen molar-refractivity contribution in [1.82, 2.24) is 8.80 Å². The molecule has 9 aromatic carbocycles.